The summed E-state index contributed by atoms with van der Waals surface area (Å²) in [6.07, 6.45) is 2.73. The molecular weight excluding hydrogens is 248 g/mol. The molecule has 0 saturated heterocycles. The van der Waals surface area contributed by atoms with Crippen LogP contribution in [0.2, 0.25) is 0 Å². The largest absolute Gasteiger partial charge is 0.457 e. The predicted molar refractivity (Wildman–Crippen MR) is 82.0 cm³/mol. The lowest BCUT2D eigenvalue weighted by atomic mass is 10.1. The quantitative estimate of drug-likeness (QED) is 0.722. The van der Waals surface area contributed by atoms with Gasteiger partial charge in [-0.15, -0.1) is 0 Å². The van der Waals surface area contributed by atoms with E-state index in [-0.39, 0.29) is 0 Å². The van der Waals surface area contributed by atoms with E-state index in [9.17, 15) is 0 Å². The molecule has 2 aromatic carbocycles. The highest BCUT2D eigenvalue weighted by atomic mass is 16.5. The van der Waals surface area contributed by atoms with Crippen LogP contribution in [0.3, 0.4) is 0 Å². The Hall–Kier alpha value is -2.55. The second-order valence-corrected chi connectivity index (χ2v) is 4.65. The minimum atomic E-state index is 0.690. The van der Waals surface area contributed by atoms with E-state index in [0.29, 0.717) is 5.69 Å². The maximum Gasteiger partial charge on any atom is 0.138 e. The van der Waals surface area contributed by atoms with Gasteiger partial charge in [0.1, 0.15) is 11.5 Å². The molecule has 3 heteroatoms. The number of aryl methyl sites for hydroxylation is 1. The summed E-state index contributed by atoms with van der Waals surface area (Å²) in [6.45, 7) is 2.13. The van der Waals surface area contributed by atoms with Gasteiger partial charge in [-0.2, -0.15) is 0 Å². The Morgan fingerprint density at radius 3 is 2.75 bits per heavy atom. The Morgan fingerprint density at radius 2 is 1.95 bits per heavy atom. The van der Waals surface area contributed by atoms with Gasteiger partial charge in [0, 0.05) is 23.3 Å². The van der Waals surface area contributed by atoms with E-state index in [1.807, 2.05) is 42.5 Å². The number of anilines is 1. The van der Waals surface area contributed by atoms with Crippen molar-refractivity contribution < 1.29 is 4.74 Å². The number of benzene rings is 2. The van der Waals surface area contributed by atoms with Crippen molar-refractivity contribution in [2.24, 2.45) is 0 Å². The molecule has 0 aliphatic rings. The molecule has 0 amide bonds. The summed E-state index contributed by atoms with van der Waals surface area (Å²) >= 11 is 0. The lowest BCUT2D eigenvalue weighted by Gasteiger charge is -2.10. The standard InChI is InChI=1S/C17H16N2O/c1-2-12-5-3-8-15-16(9-10-19-17(12)15)20-14-7-4-6-13(18)11-14/h3-11H,2,18H2,1H3. The third kappa shape index (κ3) is 2.30. The third-order valence-electron chi connectivity index (χ3n) is 3.28. The van der Waals surface area contributed by atoms with Crippen molar-refractivity contribution in [3.63, 3.8) is 0 Å². The molecule has 3 rings (SSSR count). The zero-order valence-corrected chi connectivity index (χ0v) is 11.3. The van der Waals surface area contributed by atoms with Crippen LogP contribution >= 0.6 is 0 Å². The van der Waals surface area contributed by atoms with Crippen molar-refractivity contribution in [1.82, 2.24) is 4.98 Å². The van der Waals surface area contributed by atoms with E-state index in [0.717, 1.165) is 28.8 Å². The molecule has 100 valence electrons. The summed E-state index contributed by atoms with van der Waals surface area (Å²) in [4.78, 5) is 4.47. The first-order valence-corrected chi connectivity index (χ1v) is 6.68. The van der Waals surface area contributed by atoms with E-state index < -0.39 is 0 Å². The van der Waals surface area contributed by atoms with Gasteiger partial charge in [0.25, 0.3) is 0 Å². The van der Waals surface area contributed by atoms with Gasteiger partial charge in [0.15, 0.2) is 0 Å². The SMILES string of the molecule is CCc1cccc2c(Oc3cccc(N)c3)ccnc12. The Morgan fingerprint density at radius 1 is 1.10 bits per heavy atom. The lowest BCUT2D eigenvalue weighted by molar-refractivity contribution is 0.488. The summed E-state index contributed by atoms with van der Waals surface area (Å²) in [5.74, 6) is 1.54. The molecule has 0 aliphatic heterocycles. The van der Waals surface area contributed by atoms with Crippen molar-refractivity contribution >= 4 is 16.6 Å². The lowest BCUT2D eigenvalue weighted by Crippen LogP contribution is -1.92. The molecular formula is C17H16N2O. The number of fused-ring (bicyclic) bond motifs is 1. The van der Waals surface area contributed by atoms with Crippen LogP contribution in [0.25, 0.3) is 10.9 Å². The average molecular weight is 264 g/mol. The van der Waals surface area contributed by atoms with Crippen LogP contribution in [0.15, 0.2) is 54.7 Å². The van der Waals surface area contributed by atoms with E-state index in [1.54, 1.807) is 6.20 Å². The molecule has 3 aromatic rings. The van der Waals surface area contributed by atoms with Gasteiger partial charge >= 0.3 is 0 Å². The Labute approximate surface area is 118 Å². The molecule has 0 saturated carbocycles. The monoisotopic (exact) mass is 264 g/mol. The van der Waals surface area contributed by atoms with Gasteiger partial charge in [-0.25, -0.2) is 0 Å². The van der Waals surface area contributed by atoms with Gasteiger partial charge in [0.2, 0.25) is 0 Å². The zero-order valence-electron chi connectivity index (χ0n) is 11.3. The van der Waals surface area contributed by atoms with Crippen molar-refractivity contribution in [2.75, 3.05) is 5.73 Å². The number of rotatable bonds is 3. The van der Waals surface area contributed by atoms with Crippen LogP contribution in [-0.2, 0) is 6.42 Å². The number of pyridine rings is 1. The fourth-order valence-electron chi connectivity index (χ4n) is 2.29. The van der Waals surface area contributed by atoms with Gasteiger partial charge in [0.05, 0.1) is 5.52 Å². The van der Waals surface area contributed by atoms with Crippen LogP contribution in [0, 0.1) is 0 Å². The number of aromatic nitrogens is 1. The topological polar surface area (TPSA) is 48.1 Å². The second kappa shape index (κ2) is 5.21. The summed E-state index contributed by atoms with van der Waals surface area (Å²) in [7, 11) is 0. The van der Waals surface area contributed by atoms with Gasteiger partial charge in [-0.05, 0) is 36.2 Å². The Bertz CT molecular complexity index is 753. The van der Waals surface area contributed by atoms with Gasteiger partial charge in [-0.3, -0.25) is 4.98 Å². The smallest absolute Gasteiger partial charge is 0.138 e. The zero-order chi connectivity index (χ0) is 13.9. The van der Waals surface area contributed by atoms with Crippen molar-refractivity contribution in [3.05, 3.63) is 60.3 Å². The van der Waals surface area contributed by atoms with Crippen LogP contribution in [0.1, 0.15) is 12.5 Å². The van der Waals surface area contributed by atoms with Gasteiger partial charge in [-0.1, -0.05) is 25.1 Å². The number of para-hydroxylation sites is 1. The van der Waals surface area contributed by atoms with Crippen LogP contribution in [0.4, 0.5) is 5.69 Å². The van der Waals surface area contributed by atoms with E-state index in [2.05, 4.69) is 18.0 Å². The highest BCUT2D eigenvalue weighted by molar-refractivity contribution is 5.87. The van der Waals surface area contributed by atoms with Gasteiger partial charge < -0.3 is 10.5 Å². The minimum Gasteiger partial charge on any atom is -0.457 e. The predicted octanol–water partition coefficient (Wildman–Crippen LogP) is 4.17. The Kier molecular flexibility index (Phi) is 3.25. The molecule has 3 nitrogen and oxygen atoms in total. The van der Waals surface area contributed by atoms with Crippen molar-refractivity contribution in [3.8, 4) is 11.5 Å². The second-order valence-electron chi connectivity index (χ2n) is 4.65. The van der Waals surface area contributed by atoms with Crippen molar-refractivity contribution in [2.45, 2.75) is 13.3 Å². The molecule has 0 fully saturated rings. The molecule has 0 bridgehead atoms. The molecule has 0 atom stereocenters. The molecule has 0 spiro atoms. The van der Waals surface area contributed by atoms with E-state index >= 15 is 0 Å². The maximum atomic E-state index is 5.95. The maximum absolute atomic E-state index is 5.95. The first-order chi connectivity index (χ1) is 9.78. The molecule has 1 heterocycles. The van der Waals surface area contributed by atoms with Crippen molar-refractivity contribution in [1.29, 1.82) is 0 Å². The summed E-state index contributed by atoms with van der Waals surface area (Å²) < 4.78 is 5.95. The highest BCUT2D eigenvalue weighted by Gasteiger charge is 2.07. The number of ether oxygens (including phenoxy) is 1. The summed E-state index contributed by atoms with van der Waals surface area (Å²) in [5, 5.41) is 1.02. The number of hydrogen-bond donors (Lipinski definition) is 1. The van der Waals surface area contributed by atoms with Crippen LogP contribution in [-0.4, -0.2) is 4.98 Å². The molecule has 1 aromatic heterocycles. The number of nitrogens with zero attached hydrogens (tertiary/aromatic N) is 1. The first-order valence-electron chi connectivity index (χ1n) is 6.68. The third-order valence-corrected chi connectivity index (χ3v) is 3.28. The molecule has 20 heavy (non-hydrogen) atoms. The van der Waals surface area contributed by atoms with Crippen LogP contribution in [0.5, 0.6) is 11.5 Å². The molecule has 0 unspecified atom stereocenters. The summed E-state index contributed by atoms with van der Waals surface area (Å²) in [5.41, 5.74) is 8.69. The number of nitrogens with two attached hydrogens (primary N) is 1. The number of nitrogen functional groups attached to an aromatic ring is 1. The minimum absolute atomic E-state index is 0.690. The Balaban J connectivity index is 2.08. The molecule has 0 aliphatic carbocycles. The normalized spacial score (nSPS) is 10.7. The van der Waals surface area contributed by atoms with E-state index in [4.69, 9.17) is 10.5 Å². The van der Waals surface area contributed by atoms with Crippen LogP contribution < -0.4 is 10.5 Å². The molecule has 0 radical (unpaired) electrons. The number of hydrogen-bond acceptors (Lipinski definition) is 3. The molecule has 2 N–H and O–H groups in total. The summed E-state index contributed by atoms with van der Waals surface area (Å²) in [6, 6.07) is 15.5. The highest BCUT2D eigenvalue weighted by Crippen LogP contribution is 2.30. The fraction of sp³-hybridized carbons (Fsp3) is 0.118. The fourth-order valence-corrected chi connectivity index (χ4v) is 2.29. The average Bonchev–Trinajstić information content (AvgIpc) is 2.47. The van der Waals surface area contributed by atoms with E-state index in [1.165, 1.54) is 5.56 Å². The first kappa shape index (κ1) is 12.5.